The summed E-state index contributed by atoms with van der Waals surface area (Å²) in [7, 11) is 1.58. The Kier molecular flexibility index (Phi) is 7.79. The number of aryl methyl sites for hydroxylation is 1. The fraction of sp³-hybridized carbons (Fsp3) is 0.280. The van der Waals surface area contributed by atoms with Gasteiger partial charge in [-0.15, -0.1) is 0 Å². The Morgan fingerprint density at radius 3 is 2.71 bits per heavy atom. The van der Waals surface area contributed by atoms with E-state index in [0.717, 1.165) is 33.1 Å². The largest absolute Gasteiger partial charge is 0.357 e. The standard InChI is InChI=1S/C25H26FIN6O2/c1-14-11-21(18(26)12-17(14)15-6-8-16(9-7-15)23(34)28-2)32-25-30-13-19(27)22(33-25)31-20-5-3-4-10-29-24(20)35/h6-9,11-13,20H,3-5,10H2,1-2H3,(H,28,34)(H,29,35)(H2,30,31,32,33)/t20-/m0/s1. The van der Waals surface area contributed by atoms with Crippen LogP contribution >= 0.6 is 22.6 Å². The molecule has 2 amide bonds. The van der Waals surface area contributed by atoms with E-state index >= 15 is 4.39 Å². The van der Waals surface area contributed by atoms with E-state index in [-0.39, 0.29) is 29.5 Å². The highest BCUT2D eigenvalue weighted by molar-refractivity contribution is 14.1. The molecule has 2 heterocycles. The molecule has 0 bridgehead atoms. The average Bonchev–Trinajstić information content (AvgIpc) is 3.06. The fourth-order valence-corrected chi connectivity index (χ4v) is 4.34. The molecule has 0 radical (unpaired) electrons. The lowest BCUT2D eigenvalue weighted by Crippen LogP contribution is -2.38. The number of hydrogen-bond donors (Lipinski definition) is 4. The first kappa shape index (κ1) is 24.8. The molecule has 1 aliphatic rings. The predicted molar refractivity (Wildman–Crippen MR) is 142 cm³/mol. The Bertz CT molecular complexity index is 1250. The minimum absolute atomic E-state index is 0.0490. The smallest absolute Gasteiger partial charge is 0.251 e. The molecule has 0 unspecified atom stereocenters. The number of rotatable bonds is 6. The summed E-state index contributed by atoms with van der Waals surface area (Å²) in [6, 6.07) is 9.79. The van der Waals surface area contributed by atoms with Gasteiger partial charge in [-0.2, -0.15) is 4.98 Å². The van der Waals surface area contributed by atoms with E-state index in [1.807, 2.05) is 6.92 Å². The van der Waals surface area contributed by atoms with Gasteiger partial charge in [-0.05, 0) is 89.7 Å². The summed E-state index contributed by atoms with van der Waals surface area (Å²) in [6.45, 7) is 2.57. The zero-order chi connectivity index (χ0) is 24.9. The van der Waals surface area contributed by atoms with Crippen molar-refractivity contribution in [2.24, 2.45) is 0 Å². The number of aromatic nitrogens is 2. The van der Waals surface area contributed by atoms with E-state index in [0.29, 0.717) is 24.3 Å². The maximum absolute atomic E-state index is 15.1. The lowest BCUT2D eigenvalue weighted by molar-refractivity contribution is -0.121. The minimum Gasteiger partial charge on any atom is -0.357 e. The molecule has 1 saturated heterocycles. The van der Waals surface area contributed by atoms with Gasteiger partial charge < -0.3 is 21.3 Å². The van der Waals surface area contributed by atoms with Crippen LogP contribution in [-0.4, -0.2) is 41.4 Å². The number of nitrogens with one attached hydrogen (secondary N) is 4. The van der Waals surface area contributed by atoms with Gasteiger partial charge >= 0.3 is 0 Å². The van der Waals surface area contributed by atoms with Gasteiger partial charge in [0.2, 0.25) is 11.9 Å². The van der Waals surface area contributed by atoms with Crippen molar-refractivity contribution >= 4 is 51.9 Å². The Hall–Kier alpha value is -3.28. The van der Waals surface area contributed by atoms with Crippen molar-refractivity contribution in [3.05, 3.63) is 63.1 Å². The molecule has 35 heavy (non-hydrogen) atoms. The fourth-order valence-electron chi connectivity index (χ4n) is 3.92. The highest BCUT2D eigenvalue weighted by Gasteiger charge is 2.22. The van der Waals surface area contributed by atoms with Crippen molar-refractivity contribution in [2.45, 2.75) is 32.2 Å². The normalized spacial score (nSPS) is 15.7. The highest BCUT2D eigenvalue weighted by atomic mass is 127. The predicted octanol–water partition coefficient (Wildman–Crippen LogP) is 4.38. The van der Waals surface area contributed by atoms with Crippen LogP contribution in [0.4, 0.5) is 21.8 Å². The van der Waals surface area contributed by atoms with Gasteiger partial charge in [0, 0.05) is 25.4 Å². The number of anilines is 3. The summed E-state index contributed by atoms with van der Waals surface area (Å²) in [5.41, 5.74) is 3.16. The van der Waals surface area contributed by atoms with Crippen LogP contribution in [0.1, 0.15) is 35.2 Å². The van der Waals surface area contributed by atoms with Gasteiger partial charge in [0.1, 0.15) is 17.7 Å². The van der Waals surface area contributed by atoms with Gasteiger partial charge in [-0.1, -0.05) is 12.1 Å². The molecule has 0 saturated carbocycles. The van der Waals surface area contributed by atoms with Crippen molar-refractivity contribution in [1.29, 1.82) is 0 Å². The molecule has 1 atom stereocenters. The lowest BCUT2D eigenvalue weighted by atomic mass is 9.98. The van der Waals surface area contributed by atoms with E-state index in [1.165, 1.54) is 6.07 Å². The third kappa shape index (κ3) is 5.87. The molecule has 3 aromatic rings. The first-order valence-corrected chi connectivity index (χ1v) is 12.4. The minimum atomic E-state index is -0.458. The highest BCUT2D eigenvalue weighted by Crippen LogP contribution is 2.30. The van der Waals surface area contributed by atoms with Crippen molar-refractivity contribution in [2.75, 3.05) is 24.2 Å². The van der Waals surface area contributed by atoms with E-state index in [1.54, 1.807) is 43.6 Å². The number of halogens is 2. The van der Waals surface area contributed by atoms with E-state index in [9.17, 15) is 9.59 Å². The van der Waals surface area contributed by atoms with Gasteiger partial charge in [0.25, 0.3) is 5.91 Å². The van der Waals surface area contributed by atoms with Gasteiger partial charge in [-0.25, -0.2) is 9.37 Å². The summed E-state index contributed by atoms with van der Waals surface area (Å²) in [6.07, 6.45) is 4.23. The zero-order valence-corrected chi connectivity index (χ0v) is 21.6. The Morgan fingerprint density at radius 1 is 1.20 bits per heavy atom. The van der Waals surface area contributed by atoms with Crippen LogP contribution in [0.3, 0.4) is 0 Å². The summed E-state index contributed by atoms with van der Waals surface area (Å²) < 4.78 is 15.8. The Balaban J connectivity index is 1.54. The molecule has 8 nitrogen and oxygen atoms in total. The maximum atomic E-state index is 15.1. The molecule has 0 aliphatic carbocycles. The third-order valence-corrected chi connectivity index (χ3v) is 6.63. The monoisotopic (exact) mass is 588 g/mol. The van der Waals surface area contributed by atoms with Crippen molar-refractivity contribution < 1.29 is 14.0 Å². The second-order valence-corrected chi connectivity index (χ2v) is 9.46. The van der Waals surface area contributed by atoms with Crippen LogP contribution in [0.5, 0.6) is 0 Å². The number of nitrogens with zero attached hydrogens (tertiary/aromatic N) is 2. The molecule has 0 spiro atoms. The van der Waals surface area contributed by atoms with Gasteiger partial charge in [0.05, 0.1) is 9.26 Å². The van der Waals surface area contributed by atoms with Crippen LogP contribution in [-0.2, 0) is 4.79 Å². The molecule has 1 aliphatic heterocycles. The van der Waals surface area contributed by atoms with E-state index in [2.05, 4.69) is 53.8 Å². The molecule has 182 valence electrons. The molecule has 1 aromatic heterocycles. The molecule has 10 heteroatoms. The first-order valence-electron chi connectivity index (χ1n) is 11.3. The Labute approximate surface area is 216 Å². The molecule has 2 aromatic carbocycles. The number of carbonyl (C=O) groups excluding carboxylic acids is 2. The molecule has 1 fully saturated rings. The number of hydrogen-bond acceptors (Lipinski definition) is 6. The van der Waals surface area contributed by atoms with Crippen molar-refractivity contribution in [1.82, 2.24) is 20.6 Å². The van der Waals surface area contributed by atoms with Gasteiger partial charge in [-0.3, -0.25) is 9.59 Å². The summed E-state index contributed by atoms with van der Waals surface area (Å²) >= 11 is 2.11. The second kappa shape index (κ2) is 11.0. The van der Waals surface area contributed by atoms with Crippen LogP contribution in [0.25, 0.3) is 11.1 Å². The first-order chi connectivity index (χ1) is 16.9. The number of carbonyl (C=O) groups is 2. The quantitative estimate of drug-likeness (QED) is 0.319. The molecular formula is C25H26FIN6O2. The van der Waals surface area contributed by atoms with Crippen molar-refractivity contribution in [3.63, 3.8) is 0 Å². The lowest BCUT2D eigenvalue weighted by Gasteiger charge is -2.17. The van der Waals surface area contributed by atoms with Crippen LogP contribution in [0, 0.1) is 16.3 Å². The average molecular weight is 588 g/mol. The Morgan fingerprint density at radius 2 is 1.97 bits per heavy atom. The molecule has 4 N–H and O–H groups in total. The topological polar surface area (TPSA) is 108 Å². The van der Waals surface area contributed by atoms with Crippen LogP contribution in [0.2, 0.25) is 0 Å². The SMILES string of the molecule is CNC(=O)c1ccc(-c2cc(F)c(Nc3ncc(I)c(N[C@H]4CCCCNC4=O)n3)cc2C)cc1. The number of benzene rings is 2. The molecule has 4 rings (SSSR count). The summed E-state index contributed by atoms with van der Waals surface area (Å²) in [5, 5.41) is 11.6. The van der Waals surface area contributed by atoms with Crippen LogP contribution in [0.15, 0.2) is 42.6 Å². The zero-order valence-electron chi connectivity index (χ0n) is 19.4. The van der Waals surface area contributed by atoms with E-state index < -0.39 is 5.82 Å². The third-order valence-electron chi connectivity index (χ3n) is 5.84. The summed E-state index contributed by atoms with van der Waals surface area (Å²) in [5.74, 6) is 0.0657. The number of amides is 2. The van der Waals surface area contributed by atoms with E-state index in [4.69, 9.17) is 0 Å². The summed E-state index contributed by atoms with van der Waals surface area (Å²) in [4.78, 5) is 32.8. The van der Waals surface area contributed by atoms with Crippen molar-refractivity contribution in [3.8, 4) is 11.1 Å². The molecular weight excluding hydrogens is 562 g/mol. The van der Waals surface area contributed by atoms with Gasteiger partial charge in [0.15, 0.2) is 0 Å². The second-order valence-electron chi connectivity index (χ2n) is 8.30. The van der Waals surface area contributed by atoms with Crippen LogP contribution < -0.4 is 21.3 Å². The maximum Gasteiger partial charge on any atom is 0.251 e.